The van der Waals surface area contributed by atoms with E-state index in [0.29, 0.717) is 10.7 Å². The van der Waals surface area contributed by atoms with Crippen molar-refractivity contribution >= 4 is 35.4 Å². The number of carboxylic acids is 1. The second-order valence-electron chi connectivity index (χ2n) is 5.93. The van der Waals surface area contributed by atoms with Crippen molar-refractivity contribution in [3.63, 3.8) is 0 Å². The Labute approximate surface area is 161 Å². The second kappa shape index (κ2) is 8.64. The van der Waals surface area contributed by atoms with Crippen LogP contribution >= 0.6 is 11.8 Å². The summed E-state index contributed by atoms with van der Waals surface area (Å²) < 4.78 is 5.10. The van der Waals surface area contributed by atoms with Crippen LogP contribution < -0.4 is 15.4 Å². The molecule has 1 aliphatic heterocycles. The number of carbonyl (C=O) groups excluding carboxylic acids is 1. The van der Waals surface area contributed by atoms with E-state index < -0.39 is 5.97 Å². The lowest BCUT2D eigenvalue weighted by Crippen LogP contribution is -2.30. The Morgan fingerprint density at radius 2 is 1.93 bits per heavy atom. The third kappa shape index (κ3) is 5.27. The quantitative estimate of drug-likeness (QED) is 0.635. The molecule has 1 unspecified atom stereocenters. The number of benzene rings is 2. The zero-order valence-electron chi connectivity index (χ0n) is 14.8. The lowest BCUT2D eigenvalue weighted by molar-refractivity contribution is -0.139. The third-order valence-corrected chi connectivity index (χ3v) is 4.96. The van der Waals surface area contributed by atoms with Gasteiger partial charge in [-0.2, -0.15) is 0 Å². The zero-order chi connectivity index (χ0) is 19.2. The predicted molar refractivity (Wildman–Crippen MR) is 107 cm³/mol. The van der Waals surface area contributed by atoms with Gasteiger partial charge in [-0.25, -0.2) is 4.79 Å². The van der Waals surface area contributed by atoms with E-state index in [-0.39, 0.29) is 18.0 Å². The summed E-state index contributed by atoms with van der Waals surface area (Å²) in [4.78, 5) is 23.3. The molecule has 2 aromatic carbocycles. The van der Waals surface area contributed by atoms with E-state index in [1.54, 1.807) is 30.3 Å². The fraction of sp³-hybridized carbons (Fsp3) is 0.200. The van der Waals surface area contributed by atoms with Crippen LogP contribution in [0.5, 0.6) is 5.75 Å². The maximum absolute atomic E-state index is 12.2. The molecule has 3 N–H and O–H groups in total. The van der Waals surface area contributed by atoms with Crippen LogP contribution in [-0.4, -0.2) is 29.1 Å². The number of hydrogen-bond donors (Lipinski definition) is 3. The molecule has 1 fully saturated rings. The molecule has 0 saturated carbocycles. The maximum atomic E-state index is 12.2. The summed E-state index contributed by atoms with van der Waals surface area (Å²) in [6.07, 6.45) is 2.78. The van der Waals surface area contributed by atoms with Gasteiger partial charge in [0.15, 0.2) is 12.1 Å². The zero-order valence-corrected chi connectivity index (χ0v) is 15.6. The van der Waals surface area contributed by atoms with E-state index in [2.05, 4.69) is 29.7 Å². The number of aliphatic carboxylic acids is 1. The highest BCUT2D eigenvalue weighted by molar-refractivity contribution is 8.05. The van der Waals surface area contributed by atoms with Gasteiger partial charge in [0, 0.05) is 5.69 Å². The molecule has 1 heterocycles. The number of amides is 1. The van der Waals surface area contributed by atoms with E-state index in [1.165, 1.54) is 17.3 Å². The van der Waals surface area contributed by atoms with Crippen LogP contribution in [0.1, 0.15) is 18.1 Å². The molecule has 1 aliphatic rings. The average molecular weight is 384 g/mol. The fourth-order valence-electron chi connectivity index (χ4n) is 2.51. The molecule has 0 radical (unpaired) electrons. The molecular weight excluding hydrogens is 364 g/mol. The maximum Gasteiger partial charge on any atom is 0.341 e. The lowest BCUT2D eigenvalue weighted by atomic mass is 10.1. The van der Waals surface area contributed by atoms with Crippen molar-refractivity contribution in [1.29, 1.82) is 0 Å². The van der Waals surface area contributed by atoms with Crippen LogP contribution in [0, 0.1) is 0 Å². The molecule has 140 valence electrons. The Bertz CT molecular complexity index is 847. The number of aryl methyl sites for hydroxylation is 1. The fourth-order valence-corrected chi connectivity index (χ4v) is 3.50. The highest BCUT2D eigenvalue weighted by Crippen LogP contribution is 2.30. The summed E-state index contributed by atoms with van der Waals surface area (Å²) in [6, 6.07) is 15.1. The van der Waals surface area contributed by atoms with Crippen molar-refractivity contribution in [3.8, 4) is 5.75 Å². The van der Waals surface area contributed by atoms with Gasteiger partial charge in [-0.05, 0) is 47.9 Å². The van der Waals surface area contributed by atoms with Crippen molar-refractivity contribution in [3.05, 3.63) is 64.6 Å². The summed E-state index contributed by atoms with van der Waals surface area (Å²) in [5, 5.41) is 14.8. The molecule has 1 atom stereocenters. The van der Waals surface area contributed by atoms with Gasteiger partial charge in [0.2, 0.25) is 0 Å². The number of carboxylic acid groups (broad SMARTS) is 1. The van der Waals surface area contributed by atoms with Gasteiger partial charge in [-0.15, -0.1) is 0 Å². The van der Waals surface area contributed by atoms with Crippen molar-refractivity contribution in [1.82, 2.24) is 5.32 Å². The van der Waals surface area contributed by atoms with E-state index in [0.717, 1.165) is 17.7 Å². The van der Waals surface area contributed by atoms with Crippen molar-refractivity contribution in [2.45, 2.75) is 18.8 Å². The minimum absolute atomic E-state index is 0.131. The van der Waals surface area contributed by atoms with E-state index in [1.807, 2.05) is 12.1 Å². The first-order chi connectivity index (χ1) is 13.0. The van der Waals surface area contributed by atoms with Crippen molar-refractivity contribution in [2.75, 3.05) is 11.9 Å². The molecule has 0 bridgehead atoms. The summed E-state index contributed by atoms with van der Waals surface area (Å²) in [7, 11) is 0. The minimum Gasteiger partial charge on any atom is -0.482 e. The molecular formula is C20H20N2O4S. The molecule has 7 heteroatoms. The summed E-state index contributed by atoms with van der Waals surface area (Å²) in [5.74, 6) is -0.685. The summed E-state index contributed by atoms with van der Waals surface area (Å²) in [5.41, 5.74) is 2.82. The smallest absolute Gasteiger partial charge is 0.341 e. The molecule has 0 aliphatic carbocycles. The number of ether oxygens (including phenoxy) is 1. The minimum atomic E-state index is -1.02. The van der Waals surface area contributed by atoms with Crippen LogP contribution in [-0.2, 0) is 16.0 Å². The molecule has 1 saturated heterocycles. The highest BCUT2D eigenvalue weighted by Gasteiger charge is 2.27. The van der Waals surface area contributed by atoms with Gasteiger partial charge in [-0.3, -0.25) is 4.79 Å². The Balaban J connectivity index is 1.61. The monoisotopic (exact) mass is 384 g/mol. The third-order valence-electron chi connectivity index (χ3n) is 3.93. The van der Waals surface area contributed by atoms with Gasteiger partial charge < -0.3 is 20.5 Å². The summed E-state index contributed by atoms with van der Waals surface area (Å²) in [6.45, 7) is 1.72. The molecule has 2 aromatic rings. The van der Waals surface area contributed by atoms with Gasteiger partial charge in [0.25, 0.3) is 5.91 Å². The van der Waals surface area contributed by atoms with Crippen LogP contribution in [0.25, 0.3) is 6.08 Å². The first-order valence-corrected chi connectivity index (χ1v) is 9.41. The van der Waals surface area contributed by atoms with E-state index in [4.69, 9.17) is 9.84 Å². The Morgan fingerprint density at radius 1 is 1.22 bits per heavy atom. The number of hydrogen-bond acceptors (Lipinski definition) is 5. The number of nitrogens with one attached hydrogen (secondary N) is 2. The first kappa shape index (κ1) is 18.8. The Kier molecular flexibility index (Phi) is 6.03. The number of rotatable bonds is 7. The molecule has 3 rings (SSSR count). The van der Waals surface area contributed by atoms with Crippen LogP contribution in [0.2, 0.25) is 0 Å². The standard InChI is InChI=1S/C20H20N2O4S/c1-2-13-3-7-15(8-4-13)21-20-22-19(25)17(27-20)11-14-5-9-16(10-6-14)26-12-18(23)24/h3-11,20-21H,2,12H2,1H3,(H,22,25)(H,23,24). The molecule has 0 aromatic heterocycles. The predicted octanol–water partition coefficient (Wildman–Crippen LogP) is 3.31. The van der Waals surface area contributed by atoms with Crippen molar-refractivity contribution < 1.29 is 19.4 Å². The number of thioether (sulfide) groups is 1. The molecule has 27 heavy (non-hydrogen) atoms. The SMILES string of the molecule is CCc1ccc(NC2NC(=O)C(=Cc3ccc(OCC(=O)O)cc3)S2)cc1. The van der Waals surface area contributed by atoms with E-state index >= 15 is 0 Å². The second-order valence-corrected chi connectivity index (χ2v) is 7.07. The molecule has 1 amide bonds. The van der Waals surface area contributed by atoms with Gasteiger partial charge in [0.05, 0.1) is 4.91 Å². The highest BCUT2D eigenvalue weighted by atomic mass is 32.2. The topological polar surface area (TPSA) is 87.7 Å². The van der Waals surface area contributed by atoms with Crippen molar-refractivity contribution in [2.24, 2.45) is 0 Å². The normalized spacial score (nSPS) is 17.6. The first-order valence-electron chi connectivity index (χ1n) is 8.53. The van der Waals surface area contributed by atoms with Gasteiger partial charge in [-0.1, -0.05) is 43.0 Å². The van der Waals surface area contributed by atoms with E-state index in [9.17, 15) is 9.59 Å². The largest absolute Gasteiger partial charge is 0.482 e. The average Bonchev–Trinajstić information content (AvgIpc) is 3.00. The van der Waals surface area contributed by atoms with Crippen LogP contribution in [0.3, 0.4) is 0 Å². The Morgan fingerprint density at radius 3 is 2.56 bits per heavy atom. The lowest BCUT2D eigenvalue weighted by Gasteiger charge is -2.12. The molecule has 6 nitrogen and oxygen atoms in total. The number of carbonyl (C=O) groups is 2. The van der Waals surface area contributed by atoms with Crippen LogP contribution in [0.15, 0.2) is 53.4 Å². The number of anilines is 1. The van der Waals surface area contributed by atoms with Crippen LogP contribution in [0.4, 0.5) is 5.69 Å². The van der Waals surface area contributed by atoms with Gasteiger partial charge >= 0.3 is 5.97 Å². The van der Waals surface area contributed by atoms with Gasteiger partial charge in [0.1, 0.15) is 5.75 Å². The Hall–Kier alpha value is -2.93. The summed E-state index contributed by atoms with van der Waals surface area (Å²) >= 11 is 1.42. The molecule has 0 spiro atoms.